The number of aliphatic carboxylic acids is 1. The molecule has 21 heteroatoms. The topological polar surface area (TPSA) is 252 Å². The molecule has 0 aromatic heterocycles. The van der Waals surface area contributed by atoms with Gasteiger partial charge in [0.25, 0.3) is 0 Å². The molecule has 0 aliphatic rings. The summed E-state index contributed by atoms with van der Waals surface area (Å²) in [5.74, 6) is -2.05. The van der Waals surface area contributed by atoms with Crippen LogP contribution in [0.5, 0.6) is 0 Å². The monoisotopic (exact) mass is 970 g/mol. The number of carbonyl (C=O) groups excluding carboxylic acids is 3. The predicted octanol–water partition coefficient (Wildman–Crippen LogP) is 3.85. The van der Waals surface area contributed by atoms with Gasteiger partial charge in [-0.25, -0.2) is 14.5 Å². The second-order valence-corrected chi connectivity index (χ2v) is 15.0. The summed E-state index contributed by atoms with van der Waals surface area (Å²) in [6.07, 6.45) is 12.1. The number of unbranched alkanes of at least 4 members (excludes halogenated alkanes) is 9. The van der Waals surface area contributed by atoms with Gasteiger partial charge in [0.2, 0.25) is 11.8 Å². The lowest BCUT2D eigenvalue weighted by atomic mass is 10.1. The van der Waals surface area contributed by atoms with Gasteiger partial charge in [0.1, 0.15) is 6.04 Å². The van der Waals surface area contributed by atoms with E-state index in [-0.39, 0.29) is 58.0 Å². The summed E-state index contributed by atoms with van der Waals surface area (Å²) in [6, 6.07) is -1.12. The second kappa shape index (κ2) is 52.4. The zero-order chi connectivity index (χ0) is 48.9. The van der Waals surface area contributed by atoms with Crippen LogP contribution in [-0.2, 0) is 76.0 Å². The molecular weight excluding hydrogens is 885 g/mol. The van der Waals surface area contributed by atoms with Crippen molar-refractivity contribution in [1.29, 1.82) is 0 Å². The Morgan fingerprint density at radius 2 is 0.761 bits per heavy atom. The van der Waals surface area contributed by atoms with Crippen LogP contribution in [0.25, 0.3) is 0 Å². The first kappa shape index (κ1) is 64.1. The number of rotatable bonds is 55. The van der Waals surface area contributed by atoms with Crippen molar-refractivity contribution < 1.29 is 91.0 Å². The van der Waals surface area contributed by atoms with Crippen molar-refractivity contribution in [3.8, 4) is 0 Å². The van der Waals surface area contributed by atoms with Crippen LogP contribution in [0.15, 0.2) is 0 Å². The Kier molecular flexibility index (Phi) is 50.1. The van der Waals surface area contributed by atoms with Gasteiger partial charge in [0, 0.05) is 19.3 Å². The molecule has 0 spiro atoms. The third-order valence-corrected chi connectivity index (χ3v) is 9.47. The van der Waals surface area contributed by atoms with Crippen LogP contribution in [0.3, 0.4) is 0 Å². The van der Waals surface area contributed by atoms with E-state index in [2.05, 4.69) is 12.2 Å². The van der Waals surface area contributed by atoms with E-state index >= 15 is 0 Å². The van der Waals surface area contributed by atoms with Gasteiger partial charge in [-0.05, 0) is 12.8 Å². The quantitative estimate of drug-likeness (QED) is 0.0732. The maximum absolute atomic E-state index is 12.4. The summed E-state index contributed by atoms with van der Waals surface area (Å²) in [5, 5.41) is 20.8. The molecule has 0 bridgehead atoms. The van der Waals surface area contributed by atoms with Crippen LogP contribution >= 0.6 is 0 Å². The Morgan fingerprint density at radius 1 is 0.448 bits per heavy atom. The average molecular weight is 970 g/mol. The van der Waals surface area contributed by atoms with Gasteiger partial charge < -0.3 is 72.4 Å². The predicted molar refractivity (Wildman–Crippen MR) is 245 cm³/mol. The molecule has 21 nitrogen and oxygen atoms in total. The number of carboxylic acid groups (broad SMARTS) is 2. The van der Waals surface area contributed by atoms with Crippen molar-refractivity contribution in [3.05, 3.63) is 0 Å². The smallest absolute Gasteiger partial charge is 0.414 e. The van der Waals surface area contributed by atoms with Crippen molar-refractivity contribution >= 4 is 30.2 Å². The van der Waals surface area contributed by atoms with Crippen LogP contribution in [0, 0.1) is 0 Å². The van der Waals surface area contributed by atoms with Crippen LogP contribution < -0.4 is 5.32 Å². The lowest BCUT2D eigenvalue weighted by molar-refractivity contribution is -0.142. The fourth-order valence-electron chi connectivity index (χ4n) is 5.79. The number of hydrogen-bond acceptors (Lipinski definition) is 17. The number of imide groups is 1. The molecule has 0 aliphatic carbocycles. The van der Waals surface area contributed by atoms with Crippen molar-refractivity contribution in [1.82, 2.24) is 10.2 Å². The third-order valence-electron chi connectivity index (χ3n) is 9.47. The molecule has 3 N–H and O–H groups in total. The molecule has 0 fully saturated rings. The minimum atomic E-state index is -1.25. The molecule has 393 valence electrons. The fraction of sp³-hybridized carbons (Fsp3) is 0.891. The minimum absolute atomic E-state index is 0.00198. The van der Waals surface area contributed by atoms with Gasteiger partial charge in [-0.2, -0.15) is 0 Å². The highest BCUT2D eigenvalue weighted by molar-refractivity contribution is 5.91. The van der Waals surface area contributed by atoms with E-state index in [1.165, 1.54) is 44.9 Å². The van der Waals surface area contributed by atoms with Crippen LogP contribution in [0.4, 0.5) is 4.79 Å². The van der Waals surface area contributed by atoms with Gasteiger partial charge in [-0.1, -0.05) is 64.7 Å². The molecule has 1 unspecified atom stereocenters. The van der Waals surface area contributed by atoms with E-state index in [4.69, 9.17) is 61.9 Å². The van der Waals surface area contributed by atoms with Crippen molar-refractivity contribution in [3.63, 3.8) is 0 Å². The van der Waals surface area contributed by atoms with Gasteiger partial charge in [0.15, 0.2) is 6.29 Å². The first-order valence-electron chi connectivity index (χ1n) is 24.2. The number of nitrogens with zero attached hydrogens (tertiary/aromatic N) is 1. The van der Waals surface area contributed by atoms with Crippen LogP contribution in [0.2, 0.25) is 0 Å². The van der Waals surface area contributed by atoms with Gasteiger partial charge in [-0.15, -0.1) is 0 Å². The van der Waals surface area contributed by atoms with E-state index in [0.29, 0.717) is 145 Å². The largest absolute Gasteiger partial charge is 0.480 e. The molecule has 67 heavy (non-hydrogen) atoms. The summed E-state index contributed by atoms with van der Waals surface area (Å²) >= 11 is 0. The highest BCUT2D eigenvalue weighted by atomic mass is 16.6. The number of hydrogen-bond donors (Lipinski definition) is 3. The van der Waals surface area contributed by atoms with E-state index in [0.717, 1.165) is 17.7 Å². The molecule has 0 aliphatic heterocycles. The summed E-state index contributed by atoms with van der Waals surface area (Å²) in [4.78, 5) is 57.9. The zero-order valence-electron chi connectivity index (χ0n) is 40.4. The lowest BCUT2D eigenvalue weighted by Crippen LogP contribution is -2.41. The Labute approximate surface area is 398 Å². The molecule has 0 rings (SSSR count). The Bertz CT molecular complexity index is 1140. The summed E-state index contributed by atoms with van der Waals surface area (Å²) in [5.41, 5.74) is 0. The standard InChI is InChI=1S/C46H85N2O19/c1-2-3-4-5-6-7-8-9-10-11-14-44(51)48(46(54)55)16-19-57-21-23-59-25-27-61-29-31-63-33-35-65-37-39-67-41-40-66-38-36-64-34-32-62-30-28-60-26-24-58-22-20-56-18-15-43(50)47-42(45(52)53)13-12-17-49/h42H,2-16,18-41H2,1H3,(H,47,50)(H,52,53)(H,54,55). The molecule has 0 aromatic rings. The summed E-state index contributed by atoms with van der Waals surface area (Å²) in [6.45, 7) is 11.4. The molecule has 1 radical (unpaired) electrons. The Morgan fingerprint density at radius 3 is 1.07 bits per heavy atom. The highest BCUT2D eigenvalue weighted by Gasteiger charge is 2.20. The second-order valence-electron chi connectivity index (χ2n) is 15.0. The number of ether oxygens (including phenoxy) is 12. The zero-order valence-corrected chi connectivity index (χ0v) is 40.4. The maximum atomic E-state index is 12.4. The van der Waals surface area contributed by atoms with Crippen molar-refractivity contribution in [2.45, 2.75) is 103 Å². The fourth-order valence-corrected chi connectivity index (χ4v) is 5.79. The molecule has 0 aromatic carbocycles. The maximum Gasteiger partial charge on any atom is 0.414 e. The van der Waals surface area contributed by atoms with Gasteiger partial charge in [0.05, 0.1) is 165 Å². The molecular formula is C46H85N2O19. The number of nitrogens with one attached hydrogen (secondary N) is 1. The van der Waals surface area contributed by atoms with Crippen molar-refractivity contribution in [2.75, 3.05) is 165 Å². The summed E-state index contributed by atoms with van der Waals surface area (Å²) in [7, 11) is 0. The van der Waals surface area contributed by atoms with Crippen molar-refractivity contribution in [2.24, 2.45) is 0 Å². The van der Waals surface area contributed by atoms with E-state index in [9.17, 15) is 29.1 Å². The first-order valence-corrected chi connectivity index (χ1v) is 24.2. The SMILES string of the molecule is CCCCCCCCCCCCC(=O)N(CCOCCOCCOCCOCCOCCOCCOCCOCCOCCOCCOCCOCCC(=O)NC(CC[C]=O)C(=O)O)C(=O)O. The van der Waals surface area contributed by atoms with Gasteiger partial charge in [-0.3, -0.25) is 14.4 Å². The first-order chi connectivity index (χ1) is 32.8. The number of carbonyl (C=O) groups is 4. The highest BCUT2D eigenvalue weighted by Crippen LogP contribution is 2.12. The molecule has 1 atom stereocenters. The normalized spacial score (nSPS) is 11.8. The van der Waals surface area contributed by atoms with E-state index in [1.807, 2.05) is 0 Å². The van der Waals surface area contributed by atoms with Gasteiger partial charge >= 0.3 is 12.1 Å². The average Bonchev–Trinajstić information content (AvgIpc) is 3.31. The van der Waals surface area contributed by atoms with Crippen LogP contribution in [-0.4, -0.2) is 216 Å². The number of carboxylic acids is 1. The molecule has 3 amide bonds. The third kappa shape index (κ3) is 47.9. The Hall–Kier alpha value is -2.93. The minimum Gasteiger partial charge on any atom is -0.480 e. The molecule has 0 saturated carbocycles. The molecule has 0 saturated heterocycles. The Balaban J connectivity index is 3.32. The van der Waals surface area contributed by atoms with Crippen LogP contribution in [0.1, 0.15) is 96.8 Å². The molecule has 0 heterocycles. The lowest BCUT2D eigenvalue weighted by Gasteiger charge is -2.17. The van der Waals surface area contributed by atoms with E-state index < -0.39 is 24.0 Å². The van der Waals surface area contributed by atoms with E-state index in [1.54, 1.807) is 6.29 Å². The summed E-state index contributed by atoms with van der Waals surface area (Å²) < 4.78 is 65.4. The number of amides is 3.